The number of benzene rings is 3. The summed E-state index contributed by atoms with van der Waals surface area (Å²) in [5.41, 5.74) is 3.44. The molecule has 1 atom stereocenters. The fraction of sp³-hybridized carbons (Fsp3) is 0.465. The summed E-state index contributed by atoms with van der Waals surface area (Å²) in [5, 5.41) is 15.2. The highest BCUT2D eigenvalue weighted by molar-refractivity contribution is 5.98. The minimum atomic E-state index is -0.666. The normalized spacial score (nSPS) is 16.7. The molecule has 4 aromatic rings. The quantitative estimate of drug-likeness (QED) is 0.131. The van der Waals surface area contributed by atoms with Crippen molar-refractivity contribution in [3.63, 3.8) is 0 Å². The van der Waals surface area contributed by atoms with Crippen LogP contribution in [0.3, 0.4) is 0 Å². The number of hydrogen-bond donors (Lipinski definition) is 2. The van der Waals surface area contributed by atoms with Crippen molar-refractivity contribution in [3.8, 4) is 5.75 Å². The summed E-state index contributed by atoms with van der Waals surface area (Å²) in [5.74, 6) is 0.438. The number of aliphatic hydroxyl groups is 1. The molecule has 8 heteroatoms. The SMILES string of the molecule is O=C(C1CCNCC1)N(C(=O)C1CCN(C[C@@H](O)COc2cccc3ncccc23)CC1)C(CCCc1ccccc1)CCCc1ccccc1. The molecule has 2 aliphatic heterocycles. The number of rotatable bonds is 16. The van der Waals surface area contributed by atoms with Crippen molar-refractivity contribution in [2.24, 2.45) is 11.8 Å². The van der Waals surface area contributed by atoms with Gasteiger partial charge in [0.15, 0.2) is 0 Å². The van der Waals surface area contributed by atoms with E-state index < -0.39 is 6.10 Å². The predicted octanol–water partition coefficient (Wildman–Crippen LogP) is 6.46. The first kappa shape index (κ1) is 36.7. The lowest BCUT2D eigenvalue weighted by Crippen LogP contribution is -2.53. The van der Waals surface area contributed by atoms with Crippen molar-refractivity contribution in [2.75, 3.05) is 39.3 Å². The molecule has 2 amide bonds. The molecule has 2 saturated heterocycles. The molecule has 270 valence electrons. The Bertz CT molecular complexity index is 1600. The van der Waals surface area contributed by atoms with E-state index in [4.69, 9.17) is 4.74 Å². The second kappa shape index (κ2) is 18.9. The minimum Gasteiger partial charge on any atom is -0.490 e. The zero-order chi connectivity index (χ0) is 35.3. The fourth-order valence-corrected chi connectivity index (χ4v) is 7.81. The third-order valence-corrected chi connectivity index (χ3v) is 10.7. The van der Waals surface area contributed by atoms with Gasteiger partial charge < -0.3 is 20.1 Å². The van der Waals surface area contributed by atoms with Crippen molar-refractivity contribution < 1.29 is 19.4 Å². The molecule has 51 heavy (non-hydrogen) atoms. The van der Waals surface area contributed by atoms with Gasteiger partial charge in [0.05, 0.1) is 5.52 Å². The van der Waals surface area contributed by atoms with E-state index in [1.54, 1.807) is 11.1 Å². The average Bonchev–Trinajstić information content (AvgIpc) is 3.18. The molecule has 0 saturated carbocycles. The van der Waals surface area contributed by atoms with Gasteiger partial charge in [-0.2, -0.15) is 0 Å². The lowest BCUT2D eigenvalue weighted by molar-refractivity contribution is -0.155. The van der Waals surface area contributed by atoms with Gasteiger partial charge >= 0.3 is 0 Å². The molecule has 6 rings (SSSR count). The Labute approximate surface area is 303 Å². The van der Waals surface area contributed by atoms with Gasteiger partial charge in [-0.15, -0.1) is 0 Å². The summed E-state index contributed by atoms with van der Waals surface area (Å²) in [6.07, 6.45) is 9.34. The van der Waals surface area contributed by atoms with Crippen molar-refractivity contribution in [3.05, 3.63) is 108 Å². The number of carbonyl (C=O) groups excluding carboxylic acids is 2. The molecule has 8 nitrogen and oxygen atoms in total. The van der Waals surface area contributed by atoms with Crippen LogP contribution >= 0.6 is 0 Å². The maximum absolute atomic E-state index is 14.6. The Morgan fingerprint density at radius 2 is 1.39 bits per heavy atom. The fourth-order valence-electron chi connectivity index (χ4n) is 7.81. The van der Waals surface area contributed by atoms with Crippen LogP contribution in [-0.2, 0) is 22.4 Å². The monoisotopic (exact) mass is 690 g/mol. The molecule has 0 radical (unpaired) electrons. The third-order valence-electron chi connectivity index (χ3n) is 10.7. The molecule has 2 N–H and O–H groups in total. The van der Waals surface area contributed by atoms with Crippen LogP contribution in [0.25, 0.3) is 10.9 Å². The summed E-state index contributed by atoms with van der Waals surface area (Å²) in [4.78, 5) is 37.3. The number of ether oxygens (including phenoxy) is 1. The van der Waals surface area contributed by atoms with Crippen molar-refractivity contribution in [1.29, 1.82) is 0 Å². The first-order valence-corrected chi connectivity index (χ1v) is 19.1. The second-order valence-electron chi connectivity index (χ2n) is 14.3. The number of amides is 2. The summed E-state index contributed by atoms with van der Waals surface area (Å²) < 4.78 is 6.03. The summed E-state index contributed by atoms with van der Waals surface area (Å²) in [7, 11) is 0. The standard InChI is InChI=1S/C43H54N4O4/c48-38(32-51-41-21-9-20-40-39(41)19-10-26-45-40)31-46-29-24-36(25-30-46)43(50)47(42(49)35-22-27-44-28-23-35)37(17-7-15-33-11-3-1-4-12-33)18-8-16-34-13-5-2-6-14-34/h1-6,9-14,19-21,26,35-38,44,48H,7-8,15-18,22-25,27-32H2/t38-/m1/s1. The molecule has 2 fully saturated rings. The van der Waals surface area contributed by atoms with Crippen LogP contribution in [0.15, 0.2) is 97.2 Å². The van der Waals surface area contributed by atoms with E-state index in [0.717, 1.165) is 75.4 Å². The maximum atomic E-state index is 14.6. The lowest BCUT2D eigenvalue weighted by atomic mass is 9.89. The lowest BCUT2D eigenvalue weighted by Gasteiger charge is -2.39. The summed E-state index contributed by atoms with van der Waals surface area (Å²) in [6, 6.07) is 30.5. The first-order valence-electron chi connectivity index (χ1n) is 19.1. The van der Waals surface area contributed by atoms with Crippen LogP contribution in [-0.4, -0.2) is 83.2 Å². The number of imide groups is 1. The van der Waals surface area contributed by atoms with Crippen molar-refractivity contribution >= 4 is 22.7 Å². The van der Waals surface area contributed by atoms with Gasteiger partial charge in [-0.1, -0.05) is 66.7 Å². The molecule has 0 aliphatic carbocycles. The van der Waals surface area contributed by atoms with E-state index in [-0.39, 0.29) is 36.3 Å². The highest BCUT2D eigenvalue weighted by Gasteiger charge is 2.38. The van der Waals surface area contributed by atoms with E-state index in [9.17, 15) is 14.7 Å². The van der Waals surface area contributed by atoms with Gasteiger partial charge in [0.25, 0.3) is 0 Å². The number of aliphatic hydroxyl groups excluding tert-OH is 1. The molecule has 3 heterocycles. The van der Waals surface area contributed by atoms with Crippen LogP contribution in [0.5, 0.6) is 5.75 Å². The number of pyridine rings is 1. The zero-order valence-corrected chi connectivity index (χ0v) is 29.9. The Hall–Kier alpha value is -4.11. The molecule has 2 aliphatic rings. The largest absolute Gasteiger partial charge is 0.490 e. The number of nitrogens with zero attached hydrogens (tertiary/aromatic N) is 3. The number of fused-ring (bicyclic) bond motifs is 1. The molecular formula is C43H54N4O4. The van der Waals surface area contributed by atoms with Crippen LogP contribution in [0.1, 0.15) is 62.5 Å². The van der Waals surface area contributed by atoms with Gasteiger partial charge in [-0.05, 0) is 126 Å². The number of piperidine rings is 2. The number of β-amino-alcohol motifs (C(OH)–C–C–N with tert-alkyl or cyclic N) is 1. The molecule has 3 aromatic carbocycles. The zero-order valence-electron chi connectivity index (χ0n) is 29.9. The van der Waals surface area contributed by atoms with E-state index >= 15 is 0 Å². The molecular weight excluding hydrogens is 636 g/mol. The van der Waals surface area contributed by atoms with E-state index in [2.05, 4.69) is 63.7 Å². The molecule has 0 spiro atoms. The van der Waals surface area contributed by atoms with Gasteiger partial charge in [0, 0.05) is 36.0 Å². The number of aromatic nitrogens is 1. The van der Waals surface area contributed by atoms with Crippen LogP contribution < -0.4 is 10.1 Å². The van der Waals surface area contributed by atoms with Gasteiger partial charge in [0.2, 0.25) is 11.8 Å². The summed E-state index contributed by atoms with van der Waals surface area (Å²) in [6.45, 7) is 3.68. The highest BCUT2D eigenvalue weighted by atomic mass is 16.5. The van der Waals surface area contributed by atoms with Crippen LogP contribution in [0, 0.1) is 11.8 Å². The van der Waals surface area contributed by atoms with Gasteiger partial charge in [-0.25, -0.2) is 0 Å². The first-order chi connectivity index (χ1) is 25.0. The smallest absolute Gasteiger partial charge is 0.232 e. The van der Waals surface area contributed by atoms with Crippen LogP contribution in [0.2, 0.25) is 0 Å². The topological polar surface area (TPSA) is 95.0 Å². The Morgan fingerprint density at radius 1 is 0.784 bits per heavy atom. The summed E-state index contributed by atoms with van der Waals surface area (Å²) >= 11 is 0. The van der Waals surface area contributed by atoms with E-state index in [0.29, 0.717) is 38.2 Å². The van der Waals surface area contributed by atoms with Crippen LogP contribution in [0.4, 0.5) is 0 Å². The van der Waals surface area contributed by atoms with Gasteiger partial charge in [-0.3, -0.25) is 19.5 Å². The Kier molecular flexibility index (Phi) is 13.6. The third kappa shape index (κ3) is 10.5. The second-order valence-corrected chi connectivity index (χ2v) is 14.3. The highest BCUT2D eigenvalue weighted by Crippen LogP contribution is 2.29. The Balaban J connectivity index is 1.09. The van der Waals surface area contributed by atoms with Crippen molar-refractivity contribution in [2.45, 2.75) is 76.4 Å². The number of aryl methyl sites for hydroxylation is 2. The molecule has 0 unspecified atom stereocenters. The Morgan fingerprint density at radius 3 is 2.02 bits per heavy atom. The minimum absolute atomic E-state index is 0.0102. The van der Waals surface area contributed by atoms with E-state index in [1.807, 2.05) is 42.5 Å². The maximum Gasteiger partial charge on any atom is 0.232 e. The number of nitrogens with one attached hydrogen (secondary N) is 1. The molecule has 0 bridgehead atoms. The van der Waals surface area contributed by atoms with E-state index in [1.165, 1.54) is 11.1 Å². The van der Waals surface area contributed by atoms with Gasteiger partial charge in [0.1, 0.15) is 18.5 Å². The molecule has 1 aromatic heterocycles. The average molecular weight is 691 g/mol. The van der Waals surface area contributed by atoms with Crippen molar-refractivity contribution in [1.82, 2.24) is 20.1 Å². The predicted molar refractivity (Wildman–Crippen MR) is 202 cm³/mol. The number of hydrogen-bond acceptors (Lipinski definition) is 7. The number of likely N-dealkylation sites (tertiary alicyclic amines) is 1. The number of carbonyl (C=O) groups is 2.